The van der Waals surface area contributed by atoms with Gasteiger partial charge in [0, 0.05) is 84.0 Å². The van der Waals surface area contributed by atoms with Crippen molar-refractivity contribution in [3.8, 4) is 5.75 Å². The van der Waals surface area contributed by atoms with Crippen LogP contribution in [0.2, 0.25) is 0 Å². The first-order valence-electron chi connectivity index (χ1n) is 20.0. The first-order chi connectivity index (χ1) is 27.8. The summed E-state index contributed by atoms with van der Waals surface area (Å²) in [6.07, 6.45) is 9.81. The fourth-order valence-electron chi connectivity index (χ4n) is 8.59. The van der Waals surface area contributed by atoms with Gasteiger partial charge in [0.25, 0.3) is 11.8 Å². The number of imide groups is 1. The first kappa shape index (κ1) is 48.1. The Labute approximate surface area is 380 Å². The third-order valence-corrected chi connectivity index (χ3v) is 13.1. The average Bonchev–Trinajstić information content (AvgIpc) is 3.56. The molecule has 0 aromatic heterocycles. The van der Waals surface area contributed by atoms with Crippen LogP contribution in [-0.4, -0.2) is 83.5 Å². The molecule has 322 valence electrons. The van der Waals surface area contributed by atoms with Crippen LogP contribution >= 0.6 is 0 Å². The second-order valence-corrected chi connectivity index (χ2v) is 20.4. The predicted molar refractivity (Wildman–Crippen MR) is 224 cm³/mol. The Hall–Kier alpha value is -3.90. The van der Waals surface area contributed by atoms with Crippen LogP contribution in [0.3, 0.4) is 0 Å². The third-order valence-electron chi connectivity index (χ3n) is 11.5. The van der Waals surface area contributed by atoms with E-state index in [9.17, 15) is 40.3 Å². The zero-order chi connectivity index (χ0) is 44.2. The van der Waals surface area contributed by atoms with Gasteiger partial charge in [0.2, 0.25) is 5.69 Å². The van der Waals surface area contributed by atoms with E-state index in [2.05, 4.69) is 71.6 Å². The Kier molecular flexibility index (Phi) is 14.0. The number of carbonyl (C=O) groups is 3. The number of nitrogens with zero attached hydrogens (tertiary/aromatic N) is 3. The number of allylic oxidation sites excluding steroid dienone is 7. The van der Waals surface area contributed by atoms with E-state index in [1.165, 1.54) is 18.2 Å². The van der Waals surface area contributed by atoms with Crippen molar-refractivity contribution in [3.63, 3.8) is 0 Å². The van der Waals surface area contributed by atoms with Gasteiger partial charge in [-0.25, -0.2) is 21.6 Å². The van der Waals surface area contributed by atoms with Crippen LogP contribution < -0.4 is 39.2 Å². The summed E-state index contributed by atoms with van der Waals surface area (Å²) in [5.74, 6) is -1.24. The molecule has 6 rings (SSSR count). The molecule has 2 aromatic rings. The number of benzene rings is 2. The van der Waals surface area contributed by atoms with Crippen LogP contribution in [-0.2, 0) is 44.9 Å². The molecule has 0 saturated carbocycles. The Bertz CT molecular complexity index is 2530. The maximum atomic E-state index is 12.9. The third kappa shape index (κ3) is 10.2. The SMILES string of the molecule is CCN1c2cc3c(cc2C(C)=CC1(C)C)/C(=C/C=C/C1=[N+](CCCS(=O)(=O)[O-])c2ccc(S(=O)(=O)[O-])cc2C1(C)CCCC(=O)ON1C(=O)CCC1=O)C=C(C(C)(C)C)O3.[Na+]. The predicted octanol–water partition coefficient (Wildman–Crippen LogP) is 3.65. The second kappa shape index (κ2) is 17.7. The van der Waals surface area contributed by atoms with Crippen molar-refractivity contribution in [2.45, 2.75) is 110 Å². The minimum absolute atomic E-state index is 0. The molecule has 4 aliphatic heterocycles. The molecule has 1 unspecified atom stereocenters. The molecule has 2 aromatic carbocycles. The van der Waals surface area contributed by atoms with Crippen molar-refractivity contribution in [2.24, 2.45) is 5.41 Å². The molecule has 0 aliphatic carbocycles. The molecule has 0 radical (unpaired) electrons. The zero-order valence-corrected chi connectivity index (χ0v) is 39.9. The van der Waals surface area contributed by atoms with E-state index < -0.39 is 54.1 Å². The number of carbonyl (C=O) groups excluding carboxylic acids is 3. The van der Waals surface area contributed by atoms with E-state index in [1.54, 1.807) is 4.58 Å². The summed E-state index contributed by atoms with van der Waals surface area (Å²) < 4.78 is 80.3. The van der Waals surface area contributed by atoms with Crippen molar-refractivity contribution in [1.82, 2.24) is 5.06 Å². The minimum atomic E-state index is -4.90. The molecule has 0 bridgehead atoms. The molecule has 1 saturated heterocycles. The molecule has 4 aliphatic rings. The summed E-state index contributed by atoms with van der Waals surface area (Å²) in [6, 6.07) is 8.19. The number of fused-ring (bicyclic) bond motifs is 3. The smallest absolute Gasteiger partial charge is 0.748 e. The molecule has 4 heterocycles. The number of hydrogen-bond acceptors (Lipinski definition) is 12. The largest absolute Gasteiger partial charge is 1.00 e. The molecule has 2 amide bonds. The van der Waals surface area contributed by atoms with Crippen LogP contribution in [0.15, 0.2) is 71.4 Å². The molecule has 1 fully saturated rings. The number of hydroxylamine groups is 2. The summed E-state index contributed by atoms with van der Waals surface area (Å²) in [5, 5.41) is 0.474. The number of amides is 2. The number of likely N-dealkylation sites (N-methyl/N-ethyl adjacent to an activating group) is 1. The molecule has 61 heavy (non-hydrogen) atoms. The van der Waals surface area contributed by atoms with Crippen molar-refractivity contribution < 1.29 is 84.0 Å². The quantitative estimate of drug-likeness (QED) is 0.123. The second-order valence-electron chi connectivity index (χ2n) is 17.4. The summed E-state index contributed by atoms with van der Waals surface area (Å²) in [7, 11) is -9.47. The van der Waals surface area contributed by atoms with Crippen LogP contribution in [0.1, 0.15) is 111 Å². The van der Waals surface area contributed by atoms with E-state index in [-0.39, 0.29) is 85.6 Å². The normalized spacial score (nSPS) is 20.6. The maximum absolute atomic E-state index is 12.9. The first-order valence-corrected chi connectivity index (χ1v) is 23.0. The molecule has 0 N–H and O–H groups in total. The van der Waals surface area contributed by atoms with Crippen LogP contribution in [0.5, 0.6) is 5.75 Å². The standard InChI is InChI=1S/C44H53N3O11S2.Na/c1-9-46-35-26-36-32(25-31(35)28(2)27-43(46,6)7)29(23-38(57-36)42(3,4)5)13-10-14-37-44(8,20-11-15-41(50)58-47-39(48)18-19-40(47)49)33-24-30(60(54,55)56)16-17-34(33)45(37)21-12-22-59(51,52)53;/h10,13-14,16-17,23-27H,9,11-12,15,18-22H2,1-8H3,(H-,51,52,53,54,55,56);/q;+1/p-1. The number of ether oxygens (including phenoxy) is 1. The van der Waals surface area contributed by atoms with Gasteiger partial charge in [-0.3, -0.25) is 9.59 Å². The van der Waals surface area contributed by atoms with Gasteiger partial charge < -0.3 is 23.6 Å². The van der Waals surface area contributed by atoms with Crippen molar-refractivity contribution in [2.75, 3.05) is 23.7 Å². The molecular weight excluding hydrogens is 834 g/mol. The summed E-state index contributed by atoms with van der Waals surface area (Å²) in [4.78, 5) is 44.0. The van der Waals surface area contributed by atoms with Crippen molar-refractivity contribution in [1.29, 1.82) is 0 Å². The average molecular weight is 886 g/mol. The van der Waals surface area contributed by atoms with E-state index in [1.807, 2.05) is 31.2 Å². The van der Waals surface area contributed by atoms with Gasteiger partial charge >= 0.3 is 35.5 Å². The topological polar surface area (TPSA) is 194 Å². The van der Waals surface area contributed by atoms with Crippen LogP contribution in [0, 0.1) is 5.41 Å². The number of anilines is 1. The van der Waals surface area contributed by atoms with E-state index in [0.717, 1.165) is 40.3 Å². The number of hydrogen-bond donors (Lipinski definition) is 0. The van der Waals surface area contributed by atoms with Gasteiger partial charge in [-0.15, -0.1) is 5.06 Å². The van der Waals surface area contributed by atoms with Crippen LogP contribution in [0.4, 0.5) is 11.4 Å². The molecule has 0 spiro atoms. The van der Waals surface area contributed by atoms with E-state index in [4.69, 9.17) is 9.57 Å². The fraction of sp³-hybridized carbons (Fsp3) is 0.455. The van der Waals surface area contributed by atoms with Gasteiger partial charge in [-0.1, -0.05) is 39.0 Å². The fourth-order valence-corrected chi connectivity index (χ4v) is 9.57. The monoisotopic (exact) mass is 885 g/mol. The Balaban J connectivity index is 0.00000704. The molecule has 1 atom stereocenters. The summed E-state index contributed by atoms with van der Waals surface area (Å²) in [6.45, 7) is 17.4. The van der Waals surface area contributed by atoms with Gasteiger partial charge in [0.05, 0.1) is 26.0 Å². The van der Waals surface area contributed by atoms with Crippen molar-refractivity contribution >= 4 is 66.3 Å². The summed E-state index contributed by atoms with van der Waals surface area (Å²) in [5.41, 5.74) is 4.90. The maximum Gasteiger partial charge on any atom is 1.00 e. The Morgan fingerprint density at radius 2 is 1.67 bits per heavy atom. The van der Waals surface area contributed by atoms with Crippen LogP contribution in [0.25, 0.3) is 11.1 Å². The Morgan fingerprint density at radius 1 is 1.00 bits per heavy atom. The van der Waals surface area contributed by atoms with Gasteiger partial charge in [-0.2, -0.15) is 4.58 Å². The zero-order valence-electron chi connectivity index (χ0n) is 36.3. The molecule has 14 nitrogen and oxygen atoms in total. The molecular formula is C44H52N3NaO11S2. The van der Waals surface area contributed by atoms with E-state index >= 15 is 0 Å². The number of rotatable bonds is 13. The summed E-state index contributed by atoms with van der Waals surface area (Å²) >= 11 is 0. The van der Waals surface area contributed by atoms with Crippen molar-refractivity contribution in [3.05, 3.63) is 83.2 Å². The molecule has 17 heteroatoms. The van der Waals surface area contributed by atoms with E-state index in [0.29, 0.717) is 27.8 Å². The Morgan fingerprint density at radius 3 is 2.28 bits per heavy atom. The van der Waals surface area contributed by atoms with Gasteiger partial charge in [0.1, 0.15) is 28.2 Å². The van der Waals surface area contributed by atoms with Gasteiger partial charge in [-0.05, 0) is 82.9 Å². The van der Waals surface area contributed by atoms with Gasteiger partial charge in [0.15, 0.2) is 5.71 Å². The minimum Gasteiger partial charge on any atom is -0.748 e.